The lowest BCUT2D eigenvalue weighted by Crippen LogP contribution is -2.15. The first kappa shape index (κ1) is 22.3. The minimum atomic E-state index is -0.522. The lowest BCUT2D eigenvalue weighted by molar-refractivity contribution is -0.115. The van der Waals surface area contributed by atoms with E-state index < -0.39 is 11.7 Å². The molecule has 1 aliphatic rings. The van der Waals surface area contributed by atoms with Crippen molar-refractivity contribution >= 4 is 46.5 Å². The lowest BCUT2D eigenvalue weighted by Gasteiger charge is -2.14. The summed E-state index contributed by atoms with van der Waals surface area (Å²) >= 11 is 1.56. The molecule has 0 fully saturated rings. The van der Waals surface area contributed by atoms with Crippen molar-refractivity contribution in [3.05, 3.63) is 77.6 Å². The summed E-state index contributed by atoms with van der Waals surface area (Å²) in [5, 5.41) is 8.28. The first-order chi connectivity index (χ1) is 15.9. The van der Waals surface area contributed by atoms with Crippen LogP contribution in [0.25, 0.3) is 0 Å². The van der Waals surface area contributed by atoms with Crippen LogP contribution in [0.5, 0.6) is 5.75 Å². The summed E-state index contributed by atoms with van der Waals surface area (Å²) in [5.74, 6) is -0.453. The number of amides is 3. The summed E-state index contributed by atoms with van der Waals surface area (Å²) in [6.45, 7) is 0. The topological polar surface area (TPSA) is 96.5 Å². The molecular formula is C24H20FN3O4S. The van der Waals surface area contributed by atoms with E-state index in [0.717, 1.165) is 11.0 Å². The molecule has 0 aromatic heterocycles. The van der Waals surface area contributed by atoms with Gasteiger partial charge in [0, 0.05) is 33.9 Å². The Hall–Kier alpha value is -3.85. The van der Waals surface area contributed by atoms with Gasteiger partial charge in [0.1, 0.15) is 11.6 Å². The van der Waals surface area contributed by atoms with Gasteiger partial charge in [0.15, 0.2) is 0 Å². The molecular weight excluding hydrogens is 445 g/mol. The molecule has 7 nitrogen and oxygen atoms in total. The Morgan fingerprint density at radius 2 is 1.79 bits per heavy atom. The second kappa shape index (κ2) is 9.74. The number of anilines is 3. The number of hydrogen-bond acceptors (Lipinski definition) is 5. The molecule has 3 aromatic carbocycles. The Labute approximate surface area is 193 Å². The van der Waals surface area contributed by atoms with Crippen molar-refractivity contribution in [1.82, 2.24) is 0 Å². The third kappa shape index (κ3) is 5.32. The van der Waals surface area contributed by atoms with E-state index in [4.69, 9.17) is 4.74 Å². The summed E-state index contributed by atoms with van der Waals surface area (Å²) in [5.41, 5.74) is 1.86. The molecule has 3 aromatic rings. The van der Waals surface area contributed by atoms with Crippen LogP contribution in [0.3, 0.4) is 0 Å². The number of nitrogens with one attached hydrogen (secondary N) is 3. The zero-order valence-electron chi connectivity index (χ0n) is 17.6. The third-order valence-corrected chi connectivity index (χ3v) is 5.97. The molecule has 33 heavy (non-hydrogen) atoms. The van der Waals surface area contributed by atoms with Crippen LogP contribution < -0.4 is 20.7 Å². The molecule has 0 bridgehead atoms. The van der Waals surface area contributed by atoms with E-state index in [1.807, 2.05) is 0 Å². The number of carbonyl (C=O) groups excluding carboxylic acids is 3. The van der Waals surface area contributed by atoms with Gasteiger partial charge in [0.05, 0.1) is 18.5 Å². The largest absolute Gasteiger partial charge is 0.495 e. The number of hydrogen-bond donors (Lipinski definition) is 3. The van der Waals surface area contributed by atoms with Crippen molar-refractivity contribution < 1.29 is 23.5 Å². The summed E-state index contributed by atoms with van der Waals surface area (Å²) in [6.07, 6.45) is 0.414. The van der Waals surface area contributed by atoms with Crippen LogP contribution in [0, 0.1) is 5.82 Å². The van der Waals surface area contributed by atoms with Crippen LogP contribution >= 0.6 is 11.8 Å². The SMILES string of the molecule is COc1ccc(NC(=O)c2ccc3c(c2)NC(=O)CCS3)cc1NC(=O)c1cccc(F)c1. The number of halogens is 1. The second-order valence-corrected chi connectivity index (χ2v) is 8.33. The molecule has 0 unspecified atom stereocenters. The molecule has 0 saturated carbocycles. The fourth-order valence-corrected chi connectivity index (χ4v) is 4.21. The summed E-state index contributed by atoms with van der Waals surface area (Å²) in [6, 6.07) is 15.2. The van der Waals surface area contributed by atoms with Gasteiger partial charge in [-0.25, -0.2) is 4.39 Å². The zero-order valence-corrected chi connectivity index (χ0v) is 18.4. The van der Waals surface area contributed by atoms with Gasteiger partial charge in [-0.15, -0.1) is 11.8 Å². The highest BCUT2D eigenvalue weighted by Gasteiger charge is 2.17. The van der Waals surface area contributed by atoms with E-state index in [-0.39, 0.29) is 17.4 Å². The van der Waals surface area contributed by atoms with E-state index >= 15 is 0 Å². The van der Waals surface area contributed by atoms with Crippen molar-refractivity contribution in [3.63, 3.8) is 0 Å². The van der Waals surface area contributed by atoms with Gasteiger partial charge in [-0.2, -0.15) is 0 Å². The van der Waals surface area contributed by atoms with Crippen molar-refractivity contribution in [1.29, 1.82) is 0 Å². The number of fused-ring (bicyclic) bond motifs is 1. The predicted molar refractivity (Wildman–Crippen MR) is 126 cm³/mol. The highest BCUT2D eigenvalue weighted by atomic mass is 32.2. The maximum Gasteiger partial charge on any atom is 0.255 e. The van der Waals surface area contributed by atoms with E-state index in [9.17, 15) is 18.8 Å². The molecule has 168 valence electrons. The Bertz CT molecular complexity index is 1250. The minimum Gasteiger partial charge on any atom is -0.495 e. The Morgan fingerprint density at radius 3 is 2.58 bits per heavy atom. The summed E-state index contributed by atoms with van der Waals surface area (Å²) < 4.78 is 18.7. The van der Waals surface area contributed by atoms with Gasteiger partial charge in [0.25, 0.3) is 11.8 Å². The number of ether oxygens (including phenoxy) is 1. The van der Waals surface area contributed by atoms with Gasteiger partial charge < -0.3 is 20.7 Å². The van der Waals surface area contributed by atoms with E-state index in [1.165, 1.54) is 25.3 Å². The van der Waals surface area contributed by atoms with Gasteiger partial charge in [-0.05, 0) is 54.6 Å². The molecule has 1 aliphatic heterocycles. The standard InChI is InChI=1S/C24H20FN3O4S/c1-32-20-7-6-17(13-18(20)28-24(31)14-3-2-4-16(25)11-14)26-23(30)15-5-8-21-19(12-15)27-22(29)9-10-33-21/h2-8,11-13H,9-10H2,1H3,(H,26,30)(H,27,29)(H,28,31). The second-order valence-electron chi connectivity index (χ2n) is 7.19. The monoisotopic (exact) mass is 465 g/mol. The maximum atomic E-state index is 13.5. The molecule has 1 heterocycles. The maximum absolute atomic E-state index is 13.5. The third-order valence-electron chi connectivity index (χ3n) is 4.89. The van der Waals surface area contributed by atoms with Crippen LogP contribution in [-0.2, 0) is 4.79 Å². The highest BCUT2D eigenvalue weighted by Crippen LogP contribution is 2.32. The number of benzene rings is 3. The van der Waals surface area contributed by atoms with Crippen molar-refractivity contribution in [2.75, 3.05) is 28.8 Å². The first-order valence-electron chi connectivity index (χ1n) is 10.1. The van der Waals surface area contributed by atoms with Crippen molar-refractivity contribution in [2.45, 2.75) is 11.3 Å². The number of rotatable bonds is 5. The van der Waals surface area contributed by atoms with Crippen LogP contribution in [0.4, 0.5) is 21.5 Å². The minimum absolute atomic E-state index is 0.0901. The van der Waals surface area contributed by atoms with Crippen molar-refractivity contribution in [2.24, 2.45) is 0 Å². The van der Waals surface area contributed by atoms with Gasteiger partial charge in [-0.1, -0.05) is 6.07 Å². The Morgan fingerprint density at radius 1 is 1.00 bits per heavy atom. The average Bonchev–Trinajstić information content (AvgIpc) is 2.99. The van der Waals surface area contributed by atoms with Crippen LogP contribution in [0.15, 0.2) is 65.6 Å². The molecule has 0 radical (unpaired) electrons. The summed E-state index contributed by atoms with van der Waals surface area (Å²) in [4.78, 5) is 38.1. The quantitative estimate of drug-likeness (QED) is 0.504. The van der Waals surface area contributed by atoms with E-state index in [2.05, 4.69) is 16.0 Å². The number of thioether (sulfide) groups is 1. The van der Waals surface area contributed by atoms with Gasteiger partial charge in [-0.3, -0.25) is 14.4 Å². The molecule has 0 atom stereocenters. The summed E-state index contributed by atoms with van der Waals surface area (Å²) in [7, 11) is 1.45. The molecule has 0 aliphatic carbocycles. The lowest BCUT2D eigenvalue weighted by atomic mass is 10.1. The normalized spacial score (nSPS) is 12.7. The molecule has 9 heteroatoms. The first-order valence-corrected chi connectivity index (χ1v) is 11.0. The Kier molecular flexibility index (Phi) is 6.60. The van der Waals surface area contributed by atoms with E-state index in [0.29, 0.717) is 40.5 Å². The fraction of sp³-hybridized carbons (Fsp3) is 0.125. The van der Waals surface area contributed by atoms with Gasteiger partial charge in [0.2, 0.25) is 5.91 Å². The molecule has 3 amide bonds. The number of methoxy groups -OCH3 is 1. The van der Waals surface area contributed by atoms with Gasteiger partial charge >= 0.3 is 0 Å². The van der Waals surface area contributed by atoms with Crippen molar-refractivity contribution in [3.8, 4) is 5.75 Å². The highest BCUT2D eigenvalue weighted by molar-refractivity contribution is 7.99. The van der Waals surface area contributed by atoms with E-state index in [1.54, 1.807) is 48.2 Å². The van der Waals surface area contributed by atoms with Crippen LogP contribution in [0.1, 0.15) is 27.1 Å². The fourth-order valence-electron chi connectivity index (χ4n) is 3.27. The predicted octanol–water partition coefficient (Wildman–Crippen LogP) is 4.77. The molecule has 0 spiro atoms. The van der Waals surface area contributed by atoms with Crippen LogP contribution in [-0.4, -0.2) is 30.6 Å². The smallest absolute Gasteiger partial charge is 0.255 e. The molecule has 4 rings (SSSR count). The Balaban J connectivity index is 1.53. The molecule has 0 saturated heterocycles. The molecule has 3 N–H and O–H groups in total. The van der Waals surface area contributed by atoms with Crippen LogP contribution in [0.2, 0.25) is 0 Å². The average molecular weight is 466 g/mol. The number of carbonyl (C=O) groups is 3. The zero-order chi connectivity index (χ0) is 23.4.